The highest BCUT2D eigenvalue weighted by atomic mass is 32.1. The van der Waals surface area contributed by atoms with Crippen LogP contribution in [0.2, 0.25) is 0 Å². The van der Waals surface area contributed by atoms with Crippen LogP contribution in [-0.2, 0) is 0 Å². The van der Waals surface area contributed by atoms with E-state index in [-0.39, 0.29) is 5.69 Å². The summed E-state index contributed by atoms with van der Waals surface area (Å²) in [4.78, 5) is 14.8. The van der Waals surface area contributed by atoms with Crippen LogP contribution >= 0.6 is 11.3 Å². The van der Waals surface area contributed by atoms with Crippen molar-refractivity contribution in [2.75, 3.05) is 5.32 Å². The van der Waals surface area contributed by atoms with Gasteiger partial charge in [-0.25, -0.2) is 4.98 Å². The van der Waals surface area contributed by atoms with Gasteiger partial charge in [-0.1, -0.05) is 23.8 Å². The standard InChI is InChI=1S/C17H15N3O2S/c1-11-3-8-15(12(2)9-11)16-10-23-17(19-16)18-13-4-6-14(7-5-13)20(21)22/h3-10H,1-2H3,(H,18,19). The van der Waals surface area contributed by atoms with Gasteiger partial charge in [0.25, 0.3) is 5.69 Å². The smallest absolute Gasteiger partial charge is 0.269 e. The number of nitrogens with zero attached hydrogens (tertiary/aromatic N) is 2. The summed E-state index contributed by atoms with van der Waals surface area (Å²) in [5, 5.41) is 16.6. The molecule has 2 aromatic carbocycles. The van der Waals surface area contributed by atoms with Crippen LogP contribution in [0.1, 0.15) is 11.1 Å². The molecular formula is C17H15N3O2S. The molecule has 0 radical (unpaired) electrons. The van der Waals surface area contributed by atoms with Crippen molar-refractivity contribution in [1.29, 1.82) is 0 Å². The fraction of sp³-hybridized carbons (Fsp3) is 0.118. The van der Waals surface area contributed by atoms with E-state index in [9.17, 15) is 10.1 Å². The van der Waals surface area contributed by atoms with Gasteiger partial charge in [-0.05, 0) is 31.5 Å². The van der Waals surface area contributed by atoms with Gasteiger partial charge in [0.15, 0.2) is 5.13 Å². The lowest BCUT2D eigenvalue weighted by atomic mass is 10.0. The fourth-order valence-corrected chi connectivity index (χ4v) is 3.08. The molecule has 0 aliphatic rings. The number of aryl methyl sites for hydroxylation is 2. The van der Waals surface area contributed by atoms with Gasteiger partial charge in [0.05, 0.1) is 10.6 Å². The third kappa shape index (κ3) is 3.37. The molecule has 1 aromatic heterocycles. The number of benzene rings is 2. The van der Waals surface area contributed by atoms with Crippen LogP contribution in [0.3, 0.4) is 0 Å². The zero-order chi connectivity index (χ0) is 16.4. The van der Waals surface area contributed by atoms with E-state index >= 15 is 0 Å². The van der Waals surface area contributed by atoms with Crippen LogP contribution in [0.25, 0.3) is 11.3 Å². The van der Waals surface area contributed by atoms with Crippen molar-refractivity contribution in [2.45, 2.75) is 13.8 Å². The first-order valence-corrected chi connectivity index (χ1v) is 7.95. The number of anilines is 2. The quantitative estimate of drug-likeness (QED) is 0.536. The third-order valence-corrected chi connectivity index (χ3v) is 4.25. The van der Waals surface area contributed by atoms with Crippen LogP contribution in [-0.4, -0.2) is 9.91 Å². The topological polar surface area (TPSA) is 68.1 Å². The predicted octanol–water partition coefficient (Wildman–Crippen LogP) is 5.08. The lowest BCUT2D eigenvalue weighted by Gasteiger charge is -2.04. The fourth-order valence-electron chi connectivity index (χ4n) is 2.35. The van der Waals surface area contributed by atoms with E-state index in [1.807, 2.05) is 5.38 Å². The van der Waals surface area contributed by atoms with Gasteiger partial charge in [0.1, 0.15) is 0 Å². The number of hydrogen-bond donors (Lipinski definition) is 1. The summed E-state index contributed by atoms with van der Waals surface area (Å²) in [6, 6.07) is 12.6. The molecule has 5 nitrogen and oxygen atoms in total. The van der Waals surface area contributed by atoms with Crippen molar-refractivity contribution in [3.8, 4) is 11.3 Å². The van der Waals surface area contributed by atoms with Crippen molar-refractivity contribution in [3.63, 3.8) is 0 Å². The molecular weight excluding hydrogens is 310 g/mol. The zero-order valence-corrected chi connectivity index (χ0v) is 13.6. The molecule has 0 unspecified atom stereocenters. The molecule has 0 spiro atoms. The second kappa shape index (κ2) is 6.18. The number of aromatic nitrogens is 1. The Morgan fingerprint density at radius 3 is 2.52 bits per heavy atom. The third-order valence-electron chi connectivity index (χ3n) is 3.49. The highest BCUT2D eigenvalue weighted by Gasteiger charge is 2.09. The SMILES string of the molecule is Cc1ccc(-c2csc(Nc3ccc([N+](=O)[O-])cc3)n2)c(C)c1. The normalized spacial score (nSPS) is 10.5. The van der Waals surface area contributed by atoms with Gasteiger partial charge >= 0.3 is 0 Å². The van der Waals surface area contributed by atoms with E-state index in [1.165, 1.54) is 34.6 Å². The van der Waals surface area contributed by atoms with E-state index in [0.29, 0.717) is 0 Å². The Kier molecular flexibility index (Phi) is 4.08. The first-order chi connectivity index (χ1) is 11.0. The largest absolute Gasteiger partial charge is 0.332 e. The average Bonchev–Trinajstić information content (AvgIpc) is 2.96. The molecule has 3 rings (SSSR count). The number of non-ortho nitro benzene ring substituents is 1. The first kappa shape index (κ1) is 15.2. The molecule has 0 aliphatic carbocycles. The summed E-state index contributed by atoms with van der Waals surface area (Å²) in [6.45, 7) is 4.14. The first-order valence-electron chi connectivity index (χ1n) is 7.07. The predicted molar refractivity (Wildman–Crippen MR) is 93.4 cm³/mol. The van der Waals surface area contributed by atoms with Crippen LogP contribution < -0.4 is 5.32 Å². The Morgan fingerprint density at radius 2 is 1.87 bits per heavy atom. The van der Waals surface area contributed by atoms with Gasteiger partial charge in [-0.3, -0.25) is 10.1 Å². The lowest BCUT2D eigenvalue weighted by molar-refractivity contribution is -0.384. The van der Waals surface area contributed by atoms with E-state index < -0.39 is 4.92 Å². The van der Waals surface area contributed by atoms with Gasteiger partial charge in [-0.2, -0.15) is 0 Å². The van der Waals surface area contributed by atoms with Crippen LogP contribution in [0, 0.1) is 24.0 Å². The second-order valence-corrected chi connectivity index (χ2v) is 6.14. The average molecular weight is 325 g/mol. The number of nitrogens with one attached hydrogen (secondary N) is 1. The molecule has 0 bridgehead atoms. The van der Waals surface area contributed by atoms with E-state index in [1.54, 1.807) is 12.1 Å². The zero-order valence-electron chi connectivity index (χ0n) is 12.7. The number of thiazole rings is 1. The minimum atomic E-state index is -0.411. The summed E-state index contributed by atoms with van der Waals surface area (Å²) in [5.41, 5.74) is 5.31. The Labute approximate surface area is 137 Å². The molecule has 1 N–H and O–H groups in total. The van der Waals surface area contributed by atoms with Crippen molar-refractivity contribution >= 4 is 27.8 Å². The van der Waals surface area contributed by atoms with Gasteiger partial charge in [0, 0.05) is 28.8 Å². The number of nitro benzene ring substituents is 1. The van der Waals surface area contributed by atoms with Gasteiger partial charge in [-0.15, -0.1) is 11.3 Å². The van der Waals surface area contributed by atoms with Crippen LogP contribution in [0.15, 0.2) is 47.8 Å². The second-order valence-electron chi connectivity index (χ2n) is 5.29. The van der Waals surface area contributed by atoms with Crippen molar-refractivity contribution < 1.29 is 4.92 Å². The summed E-state index contributed by atoms with van der Waals surface area (Å²) in [5.74, 6) is 0. The maximum absolute atomic E-state index is 10.7. The maximum atomic E-state index is 10.7. The highest BCUT2D eigenvalue weighted by Crippen LogP contribution is 2.29. The van der Waals surface area contributed by atoms with E-state index in [4.69, 9.17) is 0 Å². The van der Waals surface area contributed by atoms with E-state index in [0.717, 1.165) is 22.1 Å². The number of hydrogen-bond acceptors (Lipinski definition) is 5. The Bertz CT molecular complexity index is 857. The minimum absolute atomic E-state index is 0.0747. The molecule has 0 amide bonds. The van der Waals surface area contributed by atoms with Gasteiger partial charge in [0.2, 0.25) is 0 Å². The highest BCUT2D eigenvalue weighted by molar-refractivity contribution is 7.14. The molecule has 0 aliphatic heterocycles. The van der Waals surface area contributed by atoms with Crippen LogP contribution in [0.4, 0.5) is 16.5 Å². The molecule has 23 heavy (non-hydrogen) atoms. The lowest BCUT2D eigenvalue weighted by Crippen LogP contribution is -1.92. The Morgan fingerprint density at radius 1 is 1.13 bits per heavy atom. The maximum Gasteiger partial charge on any atom is 0.269 e. The van der Waals surface area contributed by atoms with Gasteiger partial charge < -0.3 is 5.32 Å². The summed E-state index contributed by atoms with van der Waals surface area (Å²) >= 11 is 1.51. The van der Waals surface area contributed by atoms with Crippen molar-refractivity contribution in [2.24, 2.45) is 0 Å². The monoisotopic (exact) mass is 325 g/mol. The molecule has 1 heterocycles. The van der Waals surface area contributed by atoms with Crippen molar-refractivity contribution in [1.82, 2.24) is 4.98 Å². The summed E-state index contributed by atoms with van der Waals surface area (Å²) in [7, 11) is 0. The molecule has 116 valence electrons. The molecule has 0 atom stereocenters. The molecule has 0 saturated heterocycles. The molecule has 0 saturated carbocycles. The minimum Gasteiger partial charge on any atom is -0.332 e. The number of rotatable bonds is 4. The summed E-state index contributed by atoms with van der Waals surface area (Å²) < 4.78 is 0. The Hall–Kier alpha value is -2.73. The van der Waals surface area contributed by atoms with Crippen molar-refractivity contribution in [3.05, 3.63) is 69.1 Å². The number of nitro groups is 1. The molecule has 0 fully saturated rings. The summed E-state index contributed by atoms with van der Waals surface area (Å²) in [6.07, 6.45) is 0. The molecule has 6 heteroatoms. The molecule has 3 aromatic rings. The van der Waals surface area contributed by atoms with E-state index in [2.05, 4.69) is 42.3 Å². The van der Waals surface area contributed by atoms with Crippen LogP contribution in [0.5, 0.6) is 0 Å². The Balaban J connectivity index is 1.80.